The standard InChI is InChI=1S/C11H21NO3S/c1-11(8-13)6-9(7-12-11)10-4-2-3-5-16(10,14)15/h9-10,12-13H,2-8H2,1H3. The Morgan fingerprint density at radius 1 is 1.44 bits per heavy atom. The van der Waals surface area contributed by atoms with E-state index in [-0.39, 0.29) is 23.3 Å². The molecule has 4 nitrogen and oxygen atoms in total. The fourth-order valence-electron chi connectivity index (χ4n) is 2.99. The number of aliphatic hydroxyl groups excluding tert-OH is 1. The van der Waals surface area contributed by atoms with E-state index < -0.39 is 9.84 Å². The zero-order chi connectivity index (χ0) is 11.8. The van der Waals surface area contributed by atoms with Gasteiger partial charge in [0.15, 0.2) is 9.84 Å². The van der Waals surface area contributed by atoms with Gasteiger partial charge in [-0.05, 0) is 38.6 Å². The van der Waals surface area contributed by atoms with Crippen molar-refractivity contribution in [1.82, 2.24) is 5.32 Å². The van der Waals surface area contributed by atoms with Gasteiger partial charge < -0.3 is 10.4 Å². The third-order valence-corrected chi connectivity index (χ3v) is 6.41. The molecule has 0 amide bonds. The average Bonchev–Trinajstić information content (AvgIpc) is 2.61. The molecule has 2 fully saturated rings. The maximum absolute atomic E-state index is 12.0. The van der Waals surface area contributed by atoms with Crippen LogP contribution in [0.3, 0.4) is 0 Å². The van der Waals surface area contributed by atoms with Crippen LogP contribution < -0.4 is 5.32 Å². The van der Waals surface area contributed by atoms with Crippen LogP contribution in [0.4, 0.5) is 0 Å². The van der Waals surface area contributed by atoms with Crippen molar-refractivity contribution in [3.63, 3.8) is 0 Å². The molecule has 0 spiro atoms. The molecule has 3 atom stereocenters. The molecule has 0 aromatic rings. The molecule has 2 saturated heterocycles. The highest BCUT2D eigenvalue weighted by molar-refractivity contribution is 7.92. The molecule has 3 unspecified atom stereocenters. The first kappa shape index (κ1) is 12.3. The number of rotatable bonds is 2. The minimum Gasteiger partial charge on any atom is -0.394 e. The van der Waals surface area contributed by atoms with Gasteiger partial charge in [-0.2, -0.15) is 0 Å². The highest BCUT2D eigenvalue weighted by Crippen LogP contribution is 2.34. The molecular weight excluding hydrogens is 226 g/mol. The van der Waals surface area contributed by atoms with E-state index in [0.29, 0.717) is 5.75 Å². The monoisotopic (exact) mass is 247 g/mol. The van der Waals surface area contributed by atoms with Gasteiger partial charge in [0.05, 0.1) is 17.6 Å². The largest absolute Gasteiger partial charge is 0.394 e. The normalized spacial score (nSPS) is 43.4. The Balaban J connectivity index is 2.09. The predicted octanol–water partition coefficient (Wildman–Crippen LogP) is 0.314. The molecule has 16 heavy (non-hydrogen) atoms. The van der Waals surface area contributed by atoms with Crippen molar-refractivity contribution in [1.29, 1.82) is 0 Å². The molecule has 2 rings (SSSR count). The molecule has 94 valence electrons. The van der Waals surface area contributed by atoms with Gasteiger partial charge in [0.1, 0.15) is 0 Å². The highest BCUT2D eigenvalue weighted by Gasteiger charge is 2.43. The molecule has 2 N–H and O–H groups in total. The second-order valence-electron chi connectivity index (χ2n) is 5.47. The summed E-state index contributed by atoms with van der Waals surface area (Å²) in [5.41, 5.74) is -0.280. The minimum absolute atomic E-state index is 0.0796. The maximum Gasteiger partial charge on any atom is 0.153 e. The summed E-state index contributed by atoms with van der Waals surface area (Å²) in [5.74, 6) is 0.534. The molecule has 2 heterocycles. The smallest absolute Gasteiger partial charge is 0.153 e. The lowest BCUT2D eigenvalue weighted by Crippen LogP contribution is -2.39. The minimum atomic E-state index is -2.89. The van der Waals surface area contributed by atoms with Crippen molar-refractivity contribution < 1.29 is 13.5 Å². The van der Waals surface area contributed by atoms with E-state index in [9.17, 15) is 13.5 Å². The summed E-state index contributed by atoms with van der Waals surface area (Å²) < 4.78 is 24.0. The van der Waals surface area contributed by atoms with Crippen LogP contribution in [0.1, 0.15) is 32.6 Å². The van der Waals surface area contributed by atoms with Gasteiger partial charge in [0, 0.05) is 5.54 Å². The second kappa shape index (κ2) is 4.27. The number of aliphatic hydroxyl groups is 1. The summed E-state index contributed by atoms with van der Waals surface area (Å²) in [4.78, 5) is 0. The Kier molecular flexibility index (Phi) is 3.29. The van der Waals surface area contributed by atoms with Gasteiger partial charge in [0.25, 0.3) is 0 Å². The fourth-order valence-corrected chi connectivity index (χ4v) is 5.21. The molecule has 2 aliphatic heterocycles. The third-order valence-electron chi connectivity index (χ3n) is 4.01. The summed E-state index contributed by atoms with van der Waals surface area (Å²) in [6.07, 6.45) is 3.41. The second-order valence-corrected chi connectivity index (χ2v) is 7.80. The first-order valence-electron chi connectivity index (χ1n) is 6.04. The zero-order valence-corrected chi connectivity index (χ0v) is 10.6. The Morgan fingerprint density at radius 3 is 2.75 bits per heavy atom. The molecule has 0 aromatic carbocycles. The first-order chi connectivity index (χ1) is 7.47. The van der Waals surface area contributed by atoms with Crippen LogP contribution in [0.25, 0.3) is 0 Å². The summed E-state index contributed by atoms with van der Waals surface area (Å²) in [5, 5.41) is 12.3. The number of hydrogen-bond acceptors (Lipinski definition) is 4. The van der Waals surface area contributed by atoms with E-state index in [1.165, 1.54) is 0 Å². The SMILES string of the molecule is CC1(CO)CC(C2CCCCS2(=O)=O)CN1. The summed E-state index contributed by atoms with van der Waals surface area (Å²) in [6, 6.07) is 0. The third kappa shape index (κ3) is 2.26. The van der Waals surface area contributed by atoms with E-state index in [1.54, 1.807) is 0 Å². The van der Waals surface area contributed by atoms with Crippen molar-refractivity contribution in [2.75, 3.05) is 18.9 Å². The molecule has 5 heteroatoms. The van der Waals surface area contributed by atoms with E-state index in [1.807, 2.05) is 6.92 Å². The van der Waals surface area contributed by atoms with E-state index >= 15 is 0 Å². The van der Waals surface area contributed by atoms with E-state index in [4.69, 9.17) is 0 Å². The van der Waals surface area contributed by atoms with Gasteiger partial charge in [-0.1, -0.05) is 6.42 Å². The van der Waals surface area contributed by atoms with Crippen molar-refractivity contribution in [3.8, 4) is 0 Å². The van der Waals surface area contributed by atoms with Gasteiger partial charge in [-0.15, -0.1) is 0 Å². The van der Waals surface area contributed by atoms with Gasteiger partial charge >= 0.3 is 0 Å². The summed E-state index contributed by atoms with van der Waals surface area (Å²) >= 11 is 0. The van der Waals surface area contributed by atoms with Crippen LogP contribution in [-0.2, 0) is 9.84 Å². The van der Waals surface area contributed by atoms with Crippen molar-refractivity contribution in [2.24, 2.45) is 5.92 Å². The lowest BCUT2D eigenvalue weighted by molar-refractivity contribution is 0.188. The Morgan fingerprint density at radius 2 is 2.19 bits per heavy atom. The van der Waals surface area contributed by atoms with Crippen molar-refractivity contribution >= 4 is 9.84 Å². The van der Waals surface area contributed by atoms with Crippen LogP contribution in [0.15, 0.2) is 0 Å². The van der Waals surface area contributed by atoms with Gasteiger partial charge in [-0.25, -0.2) is 8.42 Å². The Labute approximate surface area is 97.3 Å². The molecule has 0 aromatic heterocycles. The molecule has 0 bridgehead atoms. The van der Waals surface area contributed by atoms with Crippen LogP contribution in [0.2, 0.25) is 0 Å². The molecule has 2 aliphatic rings. The van der Waals surface area contributed by atoms with Gasteiger partial charge in [0.2, 0.25) is 0 Å². The number of sulfone groups is 1. The van der Waals surface area contributed by atoms with E-state index in [2.05, 4.69) is 5.32 Å². The lowest BCUT2D eigenvalue weighted by atomic mass is 9.91. The predicted molar refractivity (Wildman–Crippen MR) is 63.0 cm³/mol. The fraction of sp³-hybridized carbons (Fsp3) is 1.00. The van der Waals surface area contributed by atoms with E-state index in [0.717, 1.165) is 32.2 Å². The van der Waals surface area contributed by atoms with Crippen molar-refractivity contribution in [2.45, 2.75) is 43.4 Å². The van der Waals surface area contributed by atoms with Crippen molar-refractivity contribution in [3.05, 3.63) is 0 Å². The maximum atomic E-state index is 12.0. The number of nitrogens with one attached hydrogen (secondary N) is 1. The van der Waals surface area contributed by atoms with Crippen LogP contribution in [0.5, 0.6) is 0 Å². The average molecular weight is 247 g/mol. The topological polar surface area (TPSA) is 66.4 Å². The summed E-state index contributed by atoms with van der Waals surface area (Å²) in [6.45, 7) is 2.76. The number of hydrogen-bond donors (Lipinski definition) is 2. The first-order valence-corrected chi connectivity index (χ1v) is 7.76. The molecule has 0 aliphatic carbocycles. The molecule has 0 radical (unpaired) electrons. The lowest BCUT2D eigenvalue weighted by Gasteiger charge is -2.28. The quantitative estimate of drug-likeness (QED) is 0.737. The van der Waals surface area contributed by atoms with Crippen LogP contribution in [-0.4, -0.2) is 43.2 Å². The van der Waals surface area contributed by atoms with Crippen LogP contribution in [0, 0.1) is 5.92 Å². The Bertz CT molecular complexity index is 354. The van der Waals surface area contributed by atoms with Crippen LogP contribution >= 0.6 is 0 Å². The molecular formula is C11H21NO3S. The Hall–Kier alpha value is -0.130. The summed E-state index contributed by atoms with van der Waals surface area (Å²) in [7, 11) is -2.89. The van der Waals surface area contributed by atoms with Gasteiger partial charge in [-0.3, -0.25) is 0 Å². The zero-order valence-electron chi connectivity index (χ0n) is 9.78. The highest BCUT2D eigenvalue weighted by atomic mass is 32.2. The molecule has 0 saturated carbocycles.